The largest absolute Gasteiger partial charge is 0.397 e. The highest BCUT2D eigenvalue weighted by Crippen LogP contribution is 2.22. The summed E-state index contributed by atoms with van der Waals surface area (Å²) in [6, 6.07) is 4.82. The van der Waals surface area contributed by atoms with E-state index in [1.54, 1.807) is 6.07 Å². The fraction of sp³-hybridized carbons (Fsp3) is 0. The zero-order chi connectivity index (χ0) is 11.7. The zero-order valence-corrected chi connectivity index (χ0v) is 8.05. The van der Waals surface area contributed by atoms with Gasteiger partial charge in [-0.05, 0) is 24.3 Å². The normalized spacial score (nSPS) is 10.4. The number of halogens is 3. The highest BCUT2D eigenvalue weighted by Gasteiger charge is 2.11. The number of hydrogen-bond donors (Lipinski definition) is 1. The SMILES string of the molecule is Nc1ccc(-c2cc(F)c(F)c(F)c2)nc1. The van der Waals surface area contributed by atoms with Gasteiger partial charge in [-0.15, -0.1) is 0 Å². The number of nitrogens with zero attached hydrogens (tertiary/aromatic N) is 1. The molecule has 0 radical (unpaired) electrons. The quantitative estimate of drug-likeness (QED) is 0.756. The molecule has 0 spiro atoms. The molecule has 0 fully saturated rings. The van der Waals surface area contributed by atoms with E-state index >= 15 is 0 Å². The summed E-state index contributed by atoms with van der Waals surface area (Å²) in [6.45, 7) is 0. The Morgan fingerprint density at radius 1 is 1.00 bits per heavy atom. The third kappa shape index (κ3) is 1.84. The topological polar surface area (TPSA) is 38.9 Å². The summed E-state index contributed by atoms with van der Waals surface area (Å²) >= 11 is 0. The van der Waals surface area contributed by atoms with Crippen LogP contribution in [0, 0.1) is 17.5 Å². The summed E-state index contributed by atoms with van der Waals surface area (Å²) in [5.41, 5.74) is 6.34. The minimum atomic E-state index is -1.49. The first kappa shape index (κ1) is 10.5. The molecule has 0 saturated carbocycles. The van der Waals surface area contributed by atoms with Crippen LogP contribution in [0.1, 0.15) is 0 Å². The third-order valence-corrected chi connectivity index (χ3v) is 2.07. The highest BCUT2D eigenvalue weighted by atomic mass is 19.2. The van der Waals surface area contributed by atoms with Crippen molar-refractivity contribution < 1.29 is 13.2 Å². The molecule has 0 aliphatic rings. The summed E-state index contributed by atoms with van der Waals surface area (Å²) in [4.78, 5) is 3.88. The minimum absolute atomic E-state index is 0.163. The number of pyridine rings is 1. The predicted octanol–water partition coefficient (Wildman–Crippen LogP) is 2.75. The molecule has 2 aromatic rings. The maximum atomic E-state index is 12.9. The molecule has 5 heteroatoms. The van der Waals surface area contributed by atoms with Gasteiger partial charge in [0.05, 0.1) is 17.6 Å². The van der Waals surface area contributed by atoms with E-state index in [2.05, 4.69) is 4.98 Å². The first-order valence-corrected chi connectivity index (χ1v) is 4.44. The molecule has 0 bridgehead atoms. The Morgan fingerprint density at radius 3 is 2.12 bits per heavy atom. The standard InChI is InChI=1S/C11H7F3N2/c12-8-3-6(4-9(13)11(8)14)10-2-1-7(15)5-16-10/h1-5H,15H2. The smallest absolute Gasteiger partial charge is 0.194 e. The van der Waals surface area contributed by atoms with Crippen molar-refractivity contribution in [2.75, 3.05) is 5.73 Å². The van der Waals surface area contributed by atoms with E-state index in [1.807, 2.05) is 0 Å². The monoisotopic (exact) mass is 224 g/mol. The Kier molecular flexibility index (Phi) is 2.52. The molecule has 0 unspecified atom stereocenters. The van der Waals surface area contributed by atoms with E-state index in [0.717, 1.165) is 12.1 Å². The van der Waals surface area contributed by atoms with Gasteiger partial charge in [-0.3, -0.25) is 4.98 Å². The molecule has 0 amide bonds. The van der Waals surface area contributed by atoms with Crippen molar-refractivity contribution in [3.05, 3.63) is 47.9 Å². The van der Waals surface area contributed by atoms with Crippen molar-refractivity contribution in [2.45, 2.75) is 0 Å². The maximum absolute atomic E-state index is 12.9. The van der Waals surface area contributed by atoms with Crippen molar-refractivity contribution in [3.8, 4) is 11.3 Å². The van der Waals surface area contributed by atoms with Crippen LogP contribution in [0.15, 0.2) is 30.5 Å². The summed E-state index contributed by atoms with van der Waals surface area (Å²) in [6.07, 6.45) is 1.36. The molecular formula is C11H7F3N2. The van der Waals surface area contributed by atoms with E-state index in [-0.39, 0.29) is 5.56 Å². The number of nitrogens with two attached hydrogens (primary N) is 1. The van der Waals surface area contributed by atoms with Crippen LogP contribution in [-0.2, 0) is 0 Å². The van der Waals surface area contributed by atoms with Crippen LogP contribution in [-0.4, -0.2) is 4.98 Å². The summed E-state index contributed by atoms with van der Waals surface area (Å²) in [5.74, 6) is -3.97. The average molecular weight is 224 g/mol. The second kappa shape index (κ2) is 3.84. The maximum Gasteiger partial charge on any atom is 0.194 e. The average Bonchev–Trinajstić information content (AvgIpc) is 2.26. The van der Waals surface area contributed by atoms with Gasteiger partial charge in [-0.25, -0.2) is 13.2 Å². The van der Waals surface area contributed by atoms with Gasteiger partial charge in [0.15, 0.2) is 17.5 Å². The second-order valence-electron chi connectivity index (χ2n) is 3.23. The molecule has 0 atom stereocenters. The van der Waals surface area contributed by atoms with Gasteiger partial charge in [0, 0.05) is 5.56 Å². The number of aromatic nitrogens is 1. The molecule has 1 heterocycles. The molecular weight excluding hydrogens is 217 g/mol. The molecule has 1 aromatic heterocycles. The fourth-order valence-corrected chi connectivity index (χ4v) is 1.28. The number of hydrogen-bond acceptors (Lipinski definition) is 2. The highest BCUT2D eigenvalue weighted by molar-refractivity contribution is 5.60. The van der Waals surface area contributed by atoms with Crippen molar-refractivity contribution in [1.29, 1.82) is 0 Å². The lowest BCUT2D eigenvalue weighted by atomic mass is 10.1. The molecule has 0 aliphatic carbocycles. The first-order chi connectivity index (χ1) is 7.58. The van der Waals surface area contributed by atoms with Crippen LogP contribution < -0.4 is 5.73 Å². The number of rotatable bonds is 1. The van der Waals surface area contributed by atoms with Crippen molar-refractivity contribution in [3.63, 3.8) is 0 Å². The van der Waals surface area contributed by atoms with Gasteiger partial charge in [0.25, 0.3) is 0 Å². The van der Waals surface area contributed by atoms with E-state index in [1.165, 1.54) is 12.3 Å². The van der Waals surface area contributed by atoms with Gasteiger partial charge in [-0.1, -0.05) is 0 Å². The van der Waals surface area contributed by atoms with Gasteiger partial charge in [-0.2, -0.15) is 0 Å². The Labute approximate surface area is 89.5 Å². The van der Waals surface area contributed by atoms with Gasteiger partial charge in [0.1, 0.15) is 0 Å². The Hall–Kier alpha value is -2.04. The lowest BCUT2D eigenvalue weighted by Crippen LogP contribution is -1.93. The van der Waals surface area contributed by atoms with E-state index in [0.29, 0.717) is 11.4 Å². The van der Waals surface area contributed by atoms with Gasteiger partial charge >= 0.3 is 0 Å². The van der Waals surface area contributed by atoms with Crippen molar-refractivity contribution in [2.24, 2.45) is 0 Å². The van der Waals surface area contributed by atoms with E-state index in [9.17, 15) is 13.2 Å². The van der Waals surface area contributed by atoms with Crippen LogP contribution in [0.2, 0.25) is 0 Å². The molecule has 82 valence electrons. The summed E-state index contributed by atoms with van der Waals surface area (Å²) < 4.78 is 38.6. The first-order valence-electron chi connectivity index (χ1n) is 4.44. The molecule has 2 N–H and O–H groups in total. The molecule has 16 heavy (non-hydrogen) atoms. The Balaban J connectivity index is 2.52. The predicted molar refractivity (Wildman–Crippen MR) is 54.0 cm³/mol. The van der Waals surface area contributed by atoms with Crippen LogP contribution in [0.4, 0.5) is 18.9 Å². The van der Waals surface area contributed by atoms with Crippen LogP contribution >= 0.6 is 0 Å². The number of benzene rings is 1. The Morgan fingerprint density at radius 2 is 1.62 bits per heavy atom. The van der Waals surface area contributed by atoms with Crippen LogP contribution in [0.25, 0.3) is 11.3 Å². The second-order valence-corrected chi connectivity index (χ2v) is 3.23. The molecule has 0 saturated heterocycles. The third-order valence-electron chi connectivity index (χ3n) is 2.07. The molecule has 0 aliphatic heterocycles. The molecule has 2 rings (SSSR count). The zero-order valence-electron chi connectivity index (χ0n) is 8.05. The van der Waals surface area contributed by atoms with Gasteiger partial charge in [0.2, 0.25) is 0 Å². The van der Waals surface area contributed by atoms with Gasteiger partial charge < -0.3 is 5.73 Å². The minimum Gasteiger partial charge on any atom is -0.397 e. The lowest BCUT2D eigenvalue weighted by molar-refractivity contribution is 0.447. The molecule has 1 aromatic carbocycles. The van der Waals surface area contributed by atoms with Crippen molar-refractivity contribution in [1.82, 2.24) is 4.98 Å². The molecule has 2 nitrogen and oxygen atoms in total. The Bertz CT molecular complexity index is 500. The van der Waals surface area contributed by atoms with Crippen LogP contribution in [0.5, 0.6) is 0 Å². The van der Waals surface area contributed by atoms with E-state index in [4.69, 9.17) is 5.73 Å². The number of nitrogen functional groups attached to an aromatic ring is 1. The summed E-state index contributed by atoms with van der Waals surface area (Å²) in [7, 11) is 0. The van der Waals surface area contributed by atoms with Crippen LogP contribution in [0.3, 0.4) is 0 Å². The lowest BCUT2D eigenvalue weighted by Gasteiger charge is -2.03. The number of anilines is 1. The van der Waals surface area contributed by atoms with Crippen molar-refractivity contribution >= 4 is 5.69 Å². The fourth-order valence-electron chi connectivity index (χ4n) is 1.28. The van der Waals surface area contributed by atoms with E-state index < -0.39 is 17.5 Å². The summed E-state index contributed by atoms with van der Waals surface area (Å²) in [5, 5.41) is 0.